The molecule has 2 rings (SSSR count). The van der Waals surface area contributed by atoms with Crippen molar-refractivity contribution in [1.82, 2.24) is 5.32 Å². The number of hydrogen-bond acceptors (Lipinski definition) is 4. The Balaban J connectivity index is 1.82. The second-order valence-corrected chi connectivity index (χ2v) is 5.48. The molecule has 0 radical (unpaired) electrons. The maximum atomic E-state index is 12.0. The van der Waals surface area contributed by atoms with E-state index in [9.17, 15) is 9.90 Å². The van der Waals surface area contributed by atoms with E-state index in [0.29, 0.717) is 36.8 Å². The zero-order valence-electron chi connectivity index (χ0n) is 14.3. The number of nitrogens with one attached hydrogen (secondary N) is 2. The zero-order valence-corrected chi connectivity index (χ0v) is 14.3. The van der Waals surface area contributed by atoms with Gasteiger partial charge in [0.15, 0.2) is 0 Å². The van der Waals surface area contributed by atoms with Crippen molar-refractivity contribution >= 4 is 11.7 Å². The van der Waals surface area contributed by atoms with Gasteiger partial charge in [0.05, 0.1) is 18.4 Å². The Morgan fingerprint density at radius 2 is 2.08 bits per heavy atom. The number of carbonyl (C=O) groups excluding carboxylic acids is 1. The zero-order chi connectivity index (χ0) is 17.5. The van der Waals surface area contributed by atoms with Gasteiger partial charge >= 0.3 is 6.03 Å². The van der Waals surface area contributed by atoms with Crippen molar-refractivity contribution in [2.45, 2.75) is 33.3 Å². The molecular formula is C18H24N2O4. The monoisotopic (exact) mass is 332 g/mol. The van der Waals surface area contributed by atoms with E-state index in [1.165, 1.54) is 0 Å². The predicted molar refractivity (Wildman–Crippen MR) is 92.4 cm³/mol. The fourth-order valence-corrected chi connectivity index (χ4v) is 2.48. The van der Waals surface area contributed by atoms with Crippen molar-refractivity contribution < 1.29 is 19.1 Å². The largest absolute Gasteiger partial charge is 0.492 e. The number of para-hydroxylation sites is 2. The van der Waals surface area contributed by atoms with Crippen molar-refractivity contribution in [3.63, 3.8) is 0 Å². The smallest absolute Gasteiger partial charge is 0.319 e. The van der Waals surface area contributed by atoms with Crippen molar-refractivity contribution in [2.75, 3.05) is 18.5 Å². The number of anilines is 1. The molecule has 0 aliphatic rings. The molecule has 6 nitrogen and oxygen atoms in total. The summed E-state index contributed by atoms with van der Waals surface area (Å²) in [5, 5.41) is 15.7. The number of ether oxygens (including phenoxy) is 1. The van der Waals surface area contributed by atoms with Crippen LogP contribution >= 0.6 is 0 Å². The van der Waals surface area contributed by atoms with Gasteiger partial charge in [-0.3, -0.25) is 0 Å². The minimum atomic E-state index is -0.668. The summed E-state index contributed by atoms with van der Waals surface area (Å²) in [6.45, 7) is 6.41. The molecule has 0 spiro atoms. The van der Waals surface area contributed by atoms with Crippen molar-refractivity contribution in [1.29, 1.82) is 0 Å². The van der Waals surface area contributed by atoms with Crippen LogP contribution in [0.15, 0.2) is 34.7 Å². The van der Waals surface area contributed by atoms with Crippen LogP contribution in [0.5, 0.6) is 5.75 Å². The molecule has 0 aliphatic carbocycles. The minimum absolute atomic E-state index is 0.338. The van der Waals surface area contributed by atoms with Crippen molar-refractivity contribution in [2.24, 2.45) is 0 Å². The van der Waals surface area contributed by atoms with Crippen molar-refractivity contribution in [3.8, 4) is 5.75 Å². The van der Waals surface area contributed by atoms with E-state index in [2.05, 4.69) is 10.6 Å². The normalized spacial score (nSPS) is 11.8. The second kappa shape index (κ2) is 8.40. The van der Waals surface area contributed by atoms with Crippen LogP contribution in [0.25, 0.3) is 0 Å². The number of carbonyl (C=O) groups is 1. The molecule has 3 N–H and O–H groups in total. The average molecular weight is 332 g/mol. The van der Waals surface area contributed by atoms with Gasteiger partial charge in [0.25, 0.3) is 0 Å². The molecule has 1 aromatic heterocycles. The maximum Gasteiger partial charge on any atom is 0.319 e. The summed E-state index contributed by atoms with van der Waals surface area (Å²) < 4.78 is 10.9. The van der Waals surface area contributed by atoms with Crippen LogP contribution in [0, 0.1) is 13.8 Å². The third kappa shape index (κ3) is 4.76. The van der Waals surface area contributed by atoms with Crippen LogP contribution in [0.2, 0.25) is 0 Å². The fraction of sp³-hybridized carbons (Fsp3) is 0.389. The molecule has 0 fully saturated rings. The molecule has 0 aliphatic heterocycles. The summed E-state index contributed by atoms with van der Waals surface area (Å²) in [5.41, 5.74) is 1.37. The van der Waals surface area contributed by atoms with Gasteiger partial charge in [0.2, 0.25) is 0 Å². The van der Waals surface area contributed by atoms with Crippen molar-refractivity contribution in [3.05, 3.63) is 47.4 Å². The molecule has 1 aromatic carbocycles. The number of aryl methyl sites for hydroxylation is 2. The molecule has 0 bridgehead atoms. The quantitative estimate of drug-likeness (QED) is 0.724. The Hall–Kier alpha value is -2.47. The molecule has 130 valence electrons. The van der Waals surface area contributed by atoms with Crippen LogP contribution in [0.3, 0.4) is 0 Å². The highest BCUT2D eigenvalue weighted by molar-refractivity contribution is 5.90. The number of hydrogen-bond donors (Lipinski definition) is 3. The number of amides is 2. The molecule has 2 aromatic rings. The molecular weight excluding hydrogens is 308 g/mol. The minimum Gasteiger partial charge on any atom is -0.492 e. The third-order valence-electron chi connectivity index (χ3n) is 3.58. The summed E-state index contributed by atoms with van der Waals surface area (Å²) in [6.07, 6.45) is -0.265. The van der Waals surface area contributed by atoms with Gasteiger partial charge in [0, 0.05) is 12.1 Å². The molecule has 24 heavy (non-hydrogen) atoms. The first kappa shape index (κ1) is 17.9. The first-order valence-corrected chi connectivity index (χ1v) is 8.03. The molecule has 0 saturated carbocycles. The van der Waals surface area contributed by atoms with E-state index in [1.807, 2.05) is 39.0 Å². The summed E-state index contributed by atoms with van der Waals surface area (Å²) in [6, 6.07) is 8.72. The van der Waals surface area contributed by atoms with Gasteiger partial charge < -0.3 is 24.9 Å². The van der Waals surface area contributed by atoms with Gasteiger partial charge in [-0.05, 0) is 45.4 Å². The van der Waals surface area contributed by atoms with Gasteiger partial charge in [-0.25, -0.2) is 4.79 Å². The first-order chi connectivity index (χ1) is 11.5. The van der Waals surface area contributed by atoms with E-state index in [-0.39, 0.29) is 6.03 Å². The lowest BCUT2D eigenvalue weighted by molar-refractivity contribution is 0.165. The molecule has 0 saturated heterocycles. The molecule has 1 atom stereocenters. The number of rotatable bonds is 7. The summed E-state index contributed by atoms with van der Waals surface area (Å²) >= 11 is 0. The van der Waals surface area contributed by atoms with E-state index in [1.54, 1.807) is 12.1 Å². The maximum absolute atomic E-state index is 12.0. The fourth-order valence-electron chi connectivity index (χ4n) is 2.48. The molecule has 6 heteroatoms. The topological polar surface area (TPSA) is 83.7 Å². The number of urea groups is 1. The number of aliphatic hydroxyl groups is 1. The van der Waals surface area contributed by atoms with E-state index >= 15 is 0 Å². The van der Waals surface area contributed by atoms with Gasteiger partial charge in [-0.1, -0.05) is 12.1 Å². The molecule has 1 unspecified atom stereocenters. The Morgan fingerprint density at radius 1 is 1.33 bits per heavy atom. The van der Waals surface area contributed by atoms with Crippen LogP contribution in [0.4, 0.5) is 10.5 Å². The lowest BCUT2D eigenvalue weighted by Crippen LogP contribution is -2.30. The highest BCUT2D eigenvalue weighted by Crippen LogP contribution is 2.24. The summed E-state index contributed by atoms with van der Waals surface area (Å²) in [5.74, 6) is 2.09. The first-order valence-electron chi connectivity index (χ1n) is 8.03. The van der Waals surface area contributed by atoms with E-state index < -0.39 is 6.10 Å². The molecule has 2 amide bonds. The standard InChI is InChI=1S/C18H24N2O4/c1-4-23-17-8-6-5-7-15(17)20-18(22)19-10-9-16(21)14-11-12(2)24-13(14)3/h5-8,11,16,21H,4,9-10H2,1-3H3,(H2,19,20,22). The highest BCUT2D eigenvalue weighted by atomic mass is 16.5. The molecule has 1 heterocycles. The van der Waals surface area contributed by atoms with Crippen LogP contribution in [-0.4, -0.2) is 24.3 Å². The number of benzene rings is 1. The Morgan fingerprint density at radius 3 is 2.75 bits per heavy atom. The average Bonchev–Trinajstić information content (AvgIpc) is 2.88. The highest BCUT2D eigenvalue weighted by Gasteiger charge is 2.15. The predicted octanol–water partition coefficient (Wildman–Crippen LogP) is 3.54. The third-order valence-corrected chi connectivity index (χ3v) is 3.58. The van der Waals surface area contributed by atoms with Gasteiger partial charge in [-0.15, -0.1) is 0 Å². The van der Waals surface area contributed by atoms with Crippen LogP contribution in [-0.2, 0) is 0 Å². The Labute approximate surface area is 141 Å². The van der Waals surface area contributed by atoms with Gasteiger partial charge in [-0.2, -0.15) is 0 Å². The lowest BCUT2D eigenvalue weighted by Gasteiger charge is -2.13. The second-order valence-electron chi connectivity index (χ2n) is 5.48. The lowest BCUT2D eigenvalue weighted by atomic mass is 10.1. The Bertz CT molecular complexity index is 681. The van der Waals surface area contributed by atoms with Crippen LogP contribution < -0.4 is 15.4 Å². The summed E-state index contributed by atoms with van der Waals surface area (Å²) in [4.78, 5) is 12.0. The summed E-state index contributed by atoms with van der Waals surface area (Å²) in [7, 11) is 0. The number of aliphatic hydroxyl groups excluding tert-OH is 1. The van der Waals surface area contributed by atoms with E-state index in [4.69, 9.17) is 9.15 Å². The SMILES string of the molecule is CCOc1ccccc1NC(=O)NCCC(O)c1cc(C)oc1C. The Kier molecular flexibility index (Phi) is 6.26. The van der Waals surface area contributed by atoms with Crippen LogP contribution in [0.1, 0.15) is 36.5 Å². The van der Waals surface area contributed by atoms with E-state index in [0.717, 1.165) is 11.3 Å². The van der Waals surface area contributed by atoms with Gasteiger partial charge in [0.1, 0.15) is 17.3 Å². The number of furan rings is 1.